The average molecular weight is 407 g/mol. The number of para-hydroxylation sites is 1. The van der Waals surface area contributed by atoms with Gasteiger partial charge < -0.3 is 14.4 Å². The van der Waals surface area contributed by atoms with Gasteiger partial charge in [-0.25, -0.2) is 0 Å². The van der Waals surface area contributed by atoms with E-state index in [0.717, 1.165) is 18.0 Å². The summed E-state index contributed by atoms with van der Waals surface area (Å²) in [6.07, 6.45) is -2.55. The van der Waals surface area contributed by atoms with Gasteiger partial charge >= 0.3 is 6.18 Å². The van der Waals surface area contributed by atoms with Crippen LogP contribution in [0.15, 0.2) is 53.5 Å². The van der Waals surface area contributed by atoms with Crippen molar-refractivity contribution >= 4 is 17.5 Å². The Hall–Kier alpha value is -3.10. The normalized spacial score (nSPS) is 17.3. The topological polar surface area (TPSA) is 62.6 Å². The molecule has 2 aromatic rings. The number of hydrogen-bond acceptors (Lipinski definition) is 3. The van der Waals surface area contributed by atoms with Crippen molar-refractivity contribution in [3.63, 3.8) is 0 Å². The summed E-state index contributed by atoms with van der Waals surface area (Å²) in [7, 11) is 1.43. The lowest BCUT2D eigenvalue weighted by atomic mass is 10.0. The molecule has 2 heterocycles. The Morgan fingerprint density at radius 1 is 1.14 bits per heavy atom. The SMILES string of the molecule is CN(C(=O)Cn1cccc(C(F)(F)F)c1=O)C1CCCN(c2ccccc2)C1=O. The average Bonchev–Trinajstić information content (AvgIpc) is 2.69. The molecule has 1 fully saturated rings. The van der Waals surface area contributed by atoms with E-state index in [1.807, 2.05) is 6.07 Å². The maximum absolute atomic E-state index is 12.9. The molecule has 1 saturated heterocycles. The van der Waals surface area contributed by atoms with Gasteiger partial charge in [0, 0.05) is 25.5 Å². The highest BCUT2D eigenvalue weighted by Gasteiger charge is 2.36. The Labute approximate surface area is 165 Å². The van der Waals surface area contributed by atoms with Gasteiger partial charge in [-0.2, -0.15) is 13.2 Å². The van der Waals surface area contributed by atoms with E-state index in [0.29, 0.717) is 30.0 Å². The summed E-state index contributed by atoms with van der Waals surface area (Å²) in [4.78, 5) is 40.4. The van der Waals surface area contributed by atoms with Crippen molar-refractivity contribution in [1.29, 1.82) is 0 Å². The second kappa shape index (κ2) is 8.10. The van der Waals surface area contributed by atoms with Crippen molar-refractivity contribution < 1.29 is 22.8 Å². The zero-order chi connectivity index (χ0) is 21.2. The van der Waals surface area contributed by atoms with E-state index < -0.39 is 35.8 Å². The van der Waals surface area contributed by atoms with Gasteiger partial charge in [0.1, 0.15) is 18.2 Å². The summed E-state index contributed by atoms with van der Waals surface area (Å²) in [6.45, 7) is -0.0527. The van der Waals surface area contributed by atoms with Crippen LogP contribution in [0.2, 0.25) is 0 Å². The number of amides is 2. The number of halogens is 3. The molecule has 1 aromatic carbocycles. The van der Waals surface area contributed by atoms with Crippen LogP contribution in [0, 0.1) is 0 Å². The van der Waals surface area contributed by atoms with Crippen molar-refractivity contribution in [3.8, 4) is 0 Å². The maximum atomic E-state index is 12.9. The van der Waals surface area contributed by atoms with E-state index in [1.54, 1.807) is 29.2 Å². The molecule has 1 aromatic heterocycles. The van der Waals surface area contributed by atoms with Crippen LogP contribution in [0.5, 0.6) is 0 Å². The third kappa shape index (κ3) is 4.33. The van der Waals surface area contributed by atoms with Gasteiger partial charge in [0.25, 0.3) is 5.56 Å². The largest absolute Gasteiger partial charge is 0.421 e. The van der Waals surface area contributed by atoms with Gasteiger partial charge in [0.05, 0.1) is 0 Å². The fourth-order valence-corrected chi connectivity index (χ4v) is 3.39. The van der Waals surface area contributed by atoms with Crippen molar-refractivity contribution in [2.45, 2.75) is 31.6 Å². The number of anilines is 1. The number of hydrogen-bond donors (Lipinski definition) is 0. The molecule has 0 spiro atoms. The van der Waals surface area contributed by atoms with Crippen LogP contribution in [-0.4, -0.2) is 40.9 Å². The smallest absolute Gasteiger partial charge is 0.332 e. The van der Waals surface area contributed by atoms with Gasteiger partial charge in [-0.3, -0.25) is 14.4 Å². The molecule has 0 saturated carbocycles. The number of rotatable bonds is 4. The van der Waals surface area contributed by atoms with Crippen molar-refractivity contribution in [2.75, 3.05) is 18.5 Å². The van der Waals surface area contributed by atoms with Crippen molar-refractivity contribution in [2.24, 2.45) is 0 Å². The van der Waals surface area contributed by atoms with Crippen LogP contribution in [-0.2, 0) is 22.3 Å². The monoisotopic (exact) mass is 407 g/mol. The van der Waals surface area contributed by atoms with E-state index in [1.165, 1.54) is 11.9 Å². The third-order valence-corrected chi connectivity index (χ3v) is 4.97. The Kier molecular flexibility index (Phi) is 5.76. The second-order valence-electron chi connectivity index (χ2n) is 6.84. The Bertz CT molecular complexity index is 957. The molecule has 9 heteroatoms. The summed E-state index contributed by atoms with van der Waals surface area (Å²) in [5.74, 6) is -0.866. The number of nitrogens with zero attached hydrogens (tertiary/aromatic N) is 3. The minimum atomic E-state index is -4.80. The lowest BCUT2D eigenvalue weighted by molar-refractivity contribution is -0.141. The summed E-state index contributed by atoms with van der Waals surface area (Å²) in [5.41, 5.74) is -1.90. The second-order valence-corrected chi connectivity index (χ2v) is 6.84. The van der Waals surface area contributed by atoms with Crippen molar-refractivity contribution in [3.05, 3.63) is 64.6 Å². The predicted octanol–water partition coefficient (Wildman–Crippen LogP) is 2.52. The standard InChI is InChI=1S/C20H20F3N3O3/c1-24(16-10-6-12-26(19(16)29)14-7-3-2-4-8-14)17(27)13-25-11-5-9-15(18(25)28)20(21,22)23/h2-5,7-9,11,16H,6,10,12-13H2,1H3. The molecule has 0 radical (unpaired) electrons. The number of likely N-dealkylation sites (N-methyl/N-ethyl adjacent to an activating group) is 1. The number of piperidine rings is 1. The van der Waals surface area contributed by atoms with Gasteiger partial charge in [-0.05, 0) is 37.1 Å². The molecular formula is C20H20F3N3O3. The van der Waals surface area contributed by atoms with Crippen LogP contribution >= 0.6 is 0 Å². The summed E-state index contributed by atoms with van der Waals surface area (Å²) in [5, 5.41) is 0. The molecule has 3 rings (SSSR count). The van der Waals surface area contributed by atoms with Crippen LogP contribution in [0.1, 0.15) is 18.4 Å². The van der Waals surface area contributed by atoms with Gasteiger partial charge in [0.2, 0.25) is 11.8 Å². The summed E-state index contributed by atoms with van der Waals surface area (Å²) < 4.78 is 39.4. The molecule has 1 unspecified atom stereocenters. The molecule has 1 aliphatic heterocycles. The third-order valence-electron chi connectivity index (χ3n) is 4.97. The molecule has 29 heavy (non-hydrogen) atoms. The van der Waals surface area contributed by atoms with Crippen LogP contribution in [0.25, 0.3) is 0 Å². The molecule has 154 valence electrons. The number of pyridine rings is 1. The molecule has 0 aliphatic carbocycles. The number of carbonyl (C=O) groups excluding carboxylic acids is 2. The molecule has 0 N–H and O–H groups in total. The van der Waals surface area contributed by atoms with Gasteiger partial charge in [-0.15, -0.1) is 0 Å². The van der Waals surface area contributed by atoms with E-state index in [2.05, 4.69) is 0 Å². The van der Waals surface area contributed by atoms with E-state index >= 15 is 0 Å². The number of benzene rings is 1. The fraction of sp³-hybridized carbons (Fsp3) is 0.350. The zero-order valence-corrected chi connectivity index (χ0v) is 15.7. The first-order chi connectivity index (χ1) is 13.7. The lowest BCUT2D eigenvalue weighted by Gasteiger charge is -2.37. The van der Waals surface area contributed by atoms with Gasteiger partial charge in [0.15, 0.2) is 0 Å². The molecule has 1 aliphatic rings. The van der Waals surface area contributed by atoms with E-state index in [9.17, 15) is 27.6 Å². The quantitative estimate of drug-likeness (QED) is 0.783. The lowest BCUT2D eigenvalue weighted by Crippen LogP contribution is -2.53. The van der Waals surface area contributed by atoms with E-state index in [4.69, 9.17) is 0 Å². The predicted molar refractivity (Wildman–Crippen MR) is 100 cm³/mol. The highest BCUT2D eigenvalue weighted by atomic mass is 19.4. The Balaban J connectivity index is 1.77. The Morgan fingerprint density at radius 2 is 1.83 bits per heavy atom. The highest BCUT2D eigenvalue weighted by Crippen LogP contribution is 2.26. The minimum Gasteiger partial charge on any atom is -0.332 e. The van der Waals surface area contributed by atoms with Crippen LogP contribution in [0.3, 0.4) is 0 Å². The van der Waals surface area contributed by atoms with Crippen molar-refractivity contribution in [1.82, 2.24) is 9.47 Å². The molecule has 1 atom stereocenters. The van der Waals surface area contributed by atoms with E-state index in [-0.39, 0.29) is 5.91 Å². The van der Waals surface area contributed by atoms with Gasteiger partial charge in [-0.1, -0.05) is 18.2 Å². The van der Waals surface area contributed by atoms with Crippen LogP contribution in [0.4, 0.5) is 18.9 Å². The maximum Gasteiger partial charge on any atom is 0.421 e. The first-order valence-electron chi connectivity index (χ1n) is 9.09. The summed E-state index contributed by atoms with van der Waals surface area (Å²) >= 11 is 0. The highest BCUT2D eigenvalue weighted by molar-refractivity contribution is 5.99. The number of alkyl halides is 3. The molecule has 6 nitrogen and oxygen atoms in total. The zero-order valence-electron chi connectivity index (χ0n) is 15.7. The number of carbonyl (C=O) groups is 2. The first-order valence-corrected chi connectivity index (χ1v) is 9.09. The first kappa shape index (κ1) is 20.6. The molecule has 0 bridgehead atoms. The van der Waals surface area contributed by atoms with Crippen LogP contribution < -0.4 is 10.5 Å². The summed E-state index contributed by atoms with van der Waals surface area (Å²) in [6, 6.07) is 10.0. The minimum absolute atomic E-state index is 0.255. The Morgan fingerprint density at radius 3 is 2.48 bits per heavy atom. The number of aromatic nitrogens is 1. The molecular weight excluding hydrogens is 387 g/mol. The molecule has 2 amide bonds. The fourth-order valence-electron chi connectivity index (χ4n) is 3.39.